The quantitative estimate of drug-likeness (QED) is 0.219. The number of allylic oxidation sites excluding steroid dienone is 1. The van der Waals surface area contributed by atoms with Crippen LogP contribution in [0.5, 0.6) is 0 Å². The highest BCUT2D eigenvalue weighted by Crippen LogP contribution is 2.12. The summed E-state index contributed by atoms with van der Waals surface area (Å²) in [6.45, 7) is 7.63. The molecule has 6 heteroatoms. The number of guanidine groups is 1. The molecule has 0 aliphatic heterocycles. The number of hydrogen-bond acceptors (Lipinski definition) is 1. The van der Waals surface area contributed by atoms with Gasteiger partial charge in [-0.2, -0.15) is 0 Å². The van der Waals surface area contributed by atoms with E-state index in [9.17, 15) is 8.78 Å². The number of rotatable bonds is 8. The fourth-order valence-corrected chi connectivity index (χ4v) is 2.09. The first-order chi connectivity index (χ1) is 10.6. The van der Waals surface area contributed by atoms with Crippen molar-refractivity contribution in [2.45, 2.75) is 26.2 Å². The molecule has 0 aromatic heterocycles. The van der Waals surface area contributed by atoms with Gasteiger partial charge in [0, 0.05) is 32.2 Å². The Morgan fingerprint density at radius 2 is 2.00 bits per heavy atom. The fourth-order valence-electron chi connectivity index (χ4n) is 2.09. The molecule has 1 aromatic rings. The van der Waals surface area contributed by atoms with E-state index in [1.54, 1.807) is 0 Å². The maximum absolute atomic E-state index is 13.6. The van der Waals surface area contributed by atoms with Gasteiger partial charge in [0.05, 0.1) is 0 Å². The van der Waals surface area contributed by atoms with Gasteiger partial charge in [0.1, 0.15) is 11.6 Å². The number of nitrogens with one attached hydrogen (secondary N) is 1. The normalized spacial score (nSPS) is 10.9. The first-order valence-electron chi connectivity index (χ1n) is 7.63. The summed E-state index contributed by atoms with van der Waals surface area (Å²) in [7, 11) is 1.95. The van der Waals surface area contributed by atoms with E-state index in [0.29, 0.717) is 6.54 Å². The van der Waals surface area contributed by atoms with E-state index in [0.717, 1.165) is 31.9 Å². The summed E-state index contributed by atoms with van der Waals surface area (Å²) in [4.78, 5) is 6.46. The summed E-state index contributed by atoms with van der Waals surface area (Å²) >= 11 is 0. The third kappa shape index (κ3) is 7.76. The summed E-state index contributed by atoms with van der Waals surface area (Å²) in [5, 5.41) is 3.19. The zero-order chi connectivity index (χ0) is 16.4. The van der Waals surface area contributed by atoms with Crippen LogP contribution in [-0.2, 0) is 6.42 Å². The summed E-state index contributed by atoms with van der Waals surface area (Å²) < 4.78 is 27.1. The summed E-state index contributed by atoms with van der Waals surface area (Å²) in [5.41, 5.74) is 0.0939. The highest BCUT2D eigenvalue weighted by Gasteiger charge is 2.09. The number of halogens is 3. The van der Waals surface area contributed by atoms with E-state index in [2.05, 4.69) is 16.9 Å². The van der Waals surface area contributed by atoms with E-state index in [1.807, 2.05) is 24.9 Å². The third-order valence-corrected chi connectivity index (χ3v) is 3.28. The van der Waals surface area contributed by atoms with Crippen LogP contribution in [0.1, 0.15) is 25.3 Å². The van der Waals surface area contributed by atoms with Gasteiger partial charge in [0.25, 0.3) is 0 Å². The molecular formula is C17H26F2IN3. The largest absolute Gasteiger partial charge is 0.357 e. The minimum Gasteiger partial charge on any atom is -0.357 e. The van der Waals surface area contributed by atoms with Crippen molar-refractivity contribution in [1.82, 2.24) is 10.2 Å². The molecule has 3 nitrogen and oxygen atoms in total. The van der Waals surface area contributed by atoms with Gasteiger partial charge in [-0.3, -0.25) is 4.99 Å². The van der Waals surface area contributed by atoms with Crippen molar-refractivity contribution in [2.75, 3.05) is 26.7 Å². The second-order valence-electron chi connectivity index (χ2n) is 5.04. The molecule has 0 spiro atoms. The van der Waals surface area contributed by atoms with Crippen LogP contribution >= 0.6 is 24.0 Å². The SMILES string of the molecule is C=CCCCN(C)C(=NCCc1c(F)cccc1F)NCC.I. The monoisotopic (exact) mass is 437 g/mol. The molecule has 23 heavy (non-hydrogen) atoms. The van der Waals surface area contributed by atoms with Crippen LogP contribution in [0, 0.1) is 11.6 Å². The standard InChI is InChI=1S/C17H25F2N3.HI/c1-4-6-7-13-22(3)17(20-5-2)21-12-11-14-15(18)9-8-10-16(14)19;/h4,8-10H,1,5-7,11-13H2,2-3H3,(H,20,21);1H. The molecule has 0 unspecified atom stereocenters. The first kappa shape index (κ1) is 21.8. The zero-order valence-electron chi connectivity index (χ0n) is 13.8. The summed E-state index contributed by atoms with van der Waals surface area (Å²) in [6.07, 6.45) is 4.07. The third-order valence-electron chi connectivity index (χ3n) is 3.28. The summed E-state index contributed by atoms with van der Waals surface area (Å²) in [6, 6.07) is 3.92. The van der Waals surface area contributed by atoms with Gasteiger partial charge in [-0.25, -0.2) is 8.78 Å². The number of benzene rings is 1. The highest BCUT2D eigenvalue weighted by molar-refractivity contribution is 14.0. The van der Waals surface area contributed by atoms with Gasteiger partial charge in [-0.05, 0) is 38.3 Å². The van der Waals surface area contributed by atoms with Crippen molar-refractivity contribution in [3.8, 4) is 0 Å². The molecule has 0 saturated carbocycles. The molecule has 0 aliphatic rings. The number of nitrogens with zero attached hydrogens (tertiary/aromatic N) is 2. The van der Waals surface area contributed by atoms with Gasteiger partial charge in [-0.1, -0.05) is 12.1 Å². The molecule has 0 bridgehead atoms. The van der Waals surface area contributed by atoms with Crippen LogP contribution in [-0.4, -0.2) is 37.5 Å². The second kappa shape index (κ2) is 12.3. The molecular weight excluding hydrogens is 411 g/mol. The van der Waals surface area contributed by atoms with Crippen molar-refractivity contribution in [3.05, 3.63) is 48.1 Å². The zero-order valence-corrected chi connectivity index (χ0v) is 16.1. The molecule has 0 saturated heterocycles. The lowest BCUT2D eigenvalue weighted by Crippen LogP contribution is -2.39. The minimum absolute atomic E-state index is 0. The van der Waals surface area contributed by atoms with Crippen LogP contribution in [0.15, 0.2) is 35.8 Å². The van der Waals surface area contributed by atoms with Crippen LogP contribution in [0.2, 0.25) is 0 Å². The fraction of sp³-hybridized carbons (Fsp3) is 0.471. The molecule has 1 rings (SSSR count). The van der Waals surface area contributed by atoms with Crippen LogP contribution in [0.25, 0.3) is 0 Å². The van der Waals surface area contributed by atoms with Crippen molar-refractivity contribution in [3.63, 3.8) is 0 Å². The predicted molar refractivity (Wildman–Crippen MR) is 104 cm³/mol. The molecule has 0 amide bonds. The Hall–Kier alpha value is -1.18. The van der Waals surface area contributed by atoms with Crippen molar-refractivity contribution in [2.24, 2.45) is 4.99 Å². The highest BCUT2D eigenvalue weighted by atomic mass is 127. The average molecular weight is 437 g/mol. The first-order valence-corrected chi connectivity index (χ1v) is 7.63. The summed E-state index contributed by atoms with van der Waals surface area (Å²) in [5.74, 6) is -0.276. The molecule has 1 aromatic carbocycles. The van der Waals surface area contributed by atoms with Crippen molar-refractivity contribution < 1.29 is 8.78 Å². The smallest absolute Gasteiger partial charge is 0.193 e. The van der Waals surface area contributed by atoms with Crippen molar-refractivity contribution >= 4 is 29.9 Å². The van der Waals surface area contributed by atoms with E-state index in [1.165, 1.54) is 18.2 Å². The lowest BCUT2D eigenvalue weighted by atomic mass is 10.1. The number of hydrogen-bond donors (Lipinski definition) is 1. The molecule has 0 radical (unpaired) electrons. The van der Waals surface area contributed by atoms with Crippen LogP contribution < -0.4 is 5.32 Å². The second-order valence-corrected chi connectivity index (χ2v) is 5.04. The Kier molecular flexibility index (Phi) is 11.6. The maximum Gasteiger partial charge on any atom is 0.193 e. The molecule has 0 aliphatic carbocycles. The molecule has 0 fully saturated rings. The Morgan fingerprint density at radius 1 is 1.35 bits per heavy atom. The van der Waals surface area contributed by atoms with Gasteiger partial charge < -0.3 is 10.2 Å². The maximum atomic E-state index is 13.6. The van der Waals surface area contributed by atoms with Gasteiger partial charge >= 0.3 is 0 Å². The molecule has 130 valence electrons. The van der Waals surface area contributed by atoms with E-state index >= 15 is 0 Å². The van der Waals surface area contributed by atoms with Gasteiger partial charge in [-0.15, -0.1) is 30.6 Å². The lowest BCUT2D eigenvalue weighted by molar-refractivity contribution is 0.469. The Balaban J connectivity index is 0.00000484. The Morgan fingerprint density at radius 3 is 2.57 bits per heavy atom. The predicted octanol–water partition coefficient (Wildman–Crippen LogP) is 3.99. The Labute approximate surface area is 154 Å². The lowest BCUT2D eigenvalue weighted by Gasteiger charge is -2.21. The minimum atomic E-state index is -0.514. The van der Waals surface area contributed by atoms with E-state index in [4.69, 9.17) is 0 Å². The topological polar surface area (TPSA) is 27.6 Å². The van der Waals surface area contributed by atoms with Crippen molar-refractivity contribution in [1.29, 1.82) is 0 Å². The van der Waals surface area contributed by atoms with Gasteiger partial charge in [0.2, 0.25) is 0 Å². The number of aliphatic imine (C=N–C) groups is 1. The van der Waals surface area contributed by atoms with Crippen LogP contribution in [0.4, 0.5) is 8.78 Å². The van der Waals surface area contributed by atoms with E-state index < -0.39 is 11.6 Å². The molecule has 0 heterocycles. The van der Waals surface area contributed by atoms with Crippen LogP contribution in [0.3, 0.4) is 0 Å². The molecule has 0 atom stereocenters. The average Bonchev–Trinajstić information content (AvgIpc) is 2.49. The number of unbranched alkanes of at least 4 members (excludes halogenated alkanes) is 1. The van der Waals surface area contributed by atoms with Gasteiger partial charge in [0.15, 0.2) is 5.96 Å². The van der Waals surface area contributed by atoms with E-state index in [-0.39, 0.29) is 36.0 Å². The molecule has 1 N–H and O–H groups in total. The Bertz CT molecular complexity index is 486.